The molecule has 0 bridgehead atoms. The topological polar surface area (TPSA) is 84.5 Å². The van der Waals surface area contributed by atoms with Crippen molar-refractivity contribution in [1.29, 1.82) is 0 Å². The van der Waals surface area contributed by atoms with Gasteiger partial charge in [0.15, 0.2) is 0 Å². The molecule has 0 saturated heterocycles. The first-order valence-corrected chi connectivity index (χ1v) is 10.2. The first kappa shape index (κ1) is 20.3. The molecule has 0 aliphatic rings. The molecule has 0 atom stereocenters. The number of anilines is 2. The van der Waals surface area contributed by atoms with Crippen LogP contribution < -0.4 is 14.8 Å². The van der Waals surface area contributed by atoms with Crippen molar-refractivity contribution in [2.45, 2.75) is 11.3 Å². The summed E-state index contributed by atoms with van der Waals surface area (Å²) >= 11 is 0. The van der Waals surface area contributed by atoms with Crippen molar-refractivity contribution in [3.8, 4) is 5.75 Å². The highest BCUT2D eigenvalue weighted by molar-refractivity contribution is 7.92. The van der Waals surface area contributed by atoms with E-state index >= 15 is 0 Å². The molecule has 2 N–H and O–H groups in total. The summed E-state index contributed by atoms with van der Waals surface area (Å²) in [7, 11) is -2.38. The summed E-state index contributed by atoms with van der Waals surface area (Å²) in [4.78, 5) is 12.1. The third-order valence-corrected chi connectivity index (χ3v) is 5.47. The Labute approximate surface area is 168 Å². The predicted molar refractivity (Wildman–Crippen MR) is 109 cm³/mol. The standard InChI is InChI=1S/C21H19FN2O4S/c1-28-17-10-6-15(7-11-17)14-21(25)23-16-8-12-18(13-9-16)29(26,27)24-20-5-3-2-4-19(20)22/h2-13,24H,14H2,1H3,(H,23,25). The molecule has 3 aromatic rings. The number of halogens is 1. The number of carbonyl (C=O) groups excluding carboxylic acids is 1. The summed E-state index contributed by atoms with van der Waals surface area (Å²) < 4.78 is 45.8. The zero-order valence-corrected chi connectivity index (χ0v) is 16.4. The number of carbonyl (C=O) groups is 1. The Kier molecular flexibility index (Phi) is 6.13. The van der Waals surface area contributed by atoms with E-state index in [0.717, 1.165) is 5.56 Å². The third kappa shape index (κ3) is 5.32. The van der Waals surface area contributed by atoms with Gasteiger partial charge in [0.2, 0.25) is 5.91 Å². The average molecular weight is 414 g/mol. The molecule has 0 radical (unpaired) electrons. The fraction of sp³-hybridized carbons (Fsp3) is 0.0952. The van der Waals surface area contributed by atoms with Crippen LogP contribution in [0.1, 0.15) is 5.56 Å². The van der Waals surface area contributed by atoms with E-state index in [1.807, 2.05) is 0 Å². The highest BCUT2D eigenvalue weighted by atomic mass is 32.2. The molecule has 6 nitrogen and oxygen atoms in total. The van der Waals surface area contributed by atoms with E-state index in [0.29, 0.717) is 11.4 Å². The molecule has 3 aromatic carbocycles. The molecule has 0 aliphatic carbocycles. The van der Waals surface area contributed by atoms with E-state index in [1.165, 1.54) is 48.5 Å². The lowest BCUT2D eigenvalue weighted by atomic mass is 10.1. The van der Waals surface area contributed by atoms with Gasteiger partial charge >= 0.3 is 0 Å². The van der Waals surface area contributed by atoms with Gasteiger partial charge in [-0.2, -0.15) is 0 Å². The van der Waals surface area contributed by atoms with Crippen molar-refractivity contribution in [2.24, 2.45) is 0 Å². The van der Waals surface area contributed by atoms with Gasteiger partial charge in [-0.3, -0.25) is 9.52 Å². The monoisotopic (exact) mass is 414 g/mol. The molecule has 1 amide bonds. The largest absolute Gasteiger partial charge is 0.497 e. The number of para-hydroxylation sites is 1. The SMILES string of the molecule is COc1ccc(CC(=O)Nc2ccc(S(=O)(=O)Nc3ccccc3F)cc2)cc1. The average Bonchev–Trinajstić information content (AvgIpc) is 2.70. The van der Waals surface area contributed by atoms with Gasteiger partial charge < -0.3 is 10.1 Å². The Hall–Kier alpha value is -3.39. The molecule has 8 heteroatoms. The van der Waals surface area contributed by atoms with Crippen LogP contribution in [0.4, 0.5) is 15.8 Å². The summed E-state index contributed by atoms with van der Waals surface area (Å²) in [6.45, 7) is 0. The van der Waals surface area contributed by atoms with E-state index in [4.69, 9.17) is 4.74 Å². The first-order valence-electron chi connectivity index (χ1n) is 8.67. The van der Waals surface area contributed by atoms with Gasteiger partial charge in [-0.15, -0.1) is 0 Å². The number of sulfonamides is 1. The second kappa shape index (κ2) is 8.74. The van der Waals surface area contributed by atoms with Crippen LogP contribution in [0.15, 0.2) is 77.7 Å². The summed E-state index contributed by atoms with van der Waals surface area (Å²) in [5, 5.41) is 2.71. The summed E-state index contributed by atoms with van der Waals surface area (Å²) in [5.74, 6) is -0.205. The number of hydrogen-bond acceptors (Lipinski definition) is 4. The number of methoxy groups -OCH3 is 1. The molecule has 0 aliphatic heterocycles. The van der Waals surface area contributed by atoms with E-state index < -0.39 is 15.8 Å². The minimum Gasteiger partial charge on any atom is -0.497 e. The lowest BCUT2D eigenvalue weighted by Gasteiger charge is -2.10. The van der Waals surface area contributed by atoms with Crippen LogP contribution in [0.2, 0.25) is 0 Å². The van der Waals surface area contributed by atoms with Crippen molar-refractivity contribution >= 4 is 27.3 Å². The van der Waals surface area contributed by atoms with E-state index in [2.05, 4.69) is 10.0 Å². The third-order valence-electron chi connectivity index (χ3n) is 4.09. The summed E-state index contributed by atoms with van der Waals surface area (Å²) in [5.41, 5.74) is 1.13. The van der Waals surface area contributed by atoms with Gasteiger partial charge in [0.1, 0.15) is 11.6 Å². The summed E-state index contributed by atoms with van der Waals surface area (Å²) in [6.07, 6.45) is 0.166. The molecule has 0 fully saturated rings. The van der Waals surface area contributed by atoms with Crippen molar-refractivity contribution in [3.63, 3.8) is 0 Å². The van der Waals surface area contributed by atoms with Crippen LogP contribution in [0.3, 0.4) is 0 Å². The molecule has 3 rings (SSSR count). The summed E-state index contributed by atoms with van der Waals surface area (Å²) in [6, 6.07) is 18.3. The first-order chi connectivity index (χ1) is 13.9. The lowest BCUT2D eigenvalue weighted by Crippen LogP contribution is -2.15. The predicted octanol–water partition coefficient (Wildman–Crippen LogP) is 3.82. The second-order valence-corrected chi connectivity index (χ2v) is 7.87. The molecule has 0 unspecified atom stereocenters. The minimum absolute atomic E-state index is 0.0473. The smallest absolute Gasteiger partial charge is 0.261 e. The van der Waals surface area contributed by atoms with Crippen LogP contribution in [0.5, 0.6) is 5.75 Å². The Morgan fingerprint density at radius 2 is 1.62 bits per heavy atom. The number of nitrogens with one attached hydrogen (secondary N) is 2. The van der Waals surface area contributed by atoms with Crippen LogP contribution in [0.25, 0.3) is 0 Å². The molecule has 0 spiro atoms. The number of ether oxygens (including phenoxy) is 1. The van der Waals surface area contributed by atoms with Crippen molar-refractivity contribution in [3.05, 3.63) is 84.2 Å². The van der Waals surface area contributed by atoms with Gasteiger partial charge in [-0.25, -0.2) is 12.8 Å². The minimum atomic E-state index is -3.95. The van der Waals surface area contributed by atoms with Gasteiger partial charge in [0.25, 0.3) is 10.0 Å². The number of amides is 1. The molecule has 150 valence electrons. The quantitative estimate of drug-likeness (QED) is 0.616. The Balaban J connectivity index is 1.64. The maximum atomic E-state index is 13.7. The Morgan fingerprint density at radius 1 is 0.966 bits per heavy atom. The van der Waals surface area contributed by atoms with E-state index in [1.54, 1.807) is 31.4 Å². The maximum absolute atomic E-state index is 13.7. The number of rotatable bonds is 7. The number of hydrogen-bond donors (Lipinski definition) is 2. The molecule has 29 heavy (non-hydrogen) atoms. The van der Waals surface area contributed by atoms with Crippen LogP contribution in [-0.2, 0) is 21.2 Å². The number of benzene rings is 3. The fourth-order valence-corrected chi connectivity index (χ4v) is 3.67. The van der Waals surface area contributed by atoms with E-state index in [9.17, 15) is 17.6 Å². The zero-order chi connectivity index (χ0) is 20.9. The molecule has 0 saturated carbocycles. The Morgan fingerprint density at radius 3 is 2.24 bits per heavy atom. The highest BCUT2D eigenvalue weighted by Crippen LogP contribution is 2.20. The van der Waals surface area contributed by atoms with Crippen LogP contribution in [0, 0.1) is 5.82 Å². The zero-order valence-electron chi connectivity index (χ0n) is 15.6. The lowest BCUT2D eigenvalue weighted by molar-refractivity contribution is -0.115. The molecule has 0 aromatic heterocycles. The van der Waals surface area contributed by atoms with Crippen LogP contribution in [-0.4, -0.2) is 21.4 Å². The second-order valence-electron chi connectivity index (χ2n) is 6.18. The molecule has 0 heterocycles. The van der Waals surface area contributed by atoms with Gasteiger partial charge in [-0.1, -0.05) is 24.3 Å². The van der Waals surface area contributed by atoms with Crippen molar-refractivity contribution < 1.29 is 22.3 Å². The van der Waals surface area contributed by atoms with Crippen molar-refractivity contribution in [1.82, 2.24) is 0 Å². The molecular formula is C21H19FN2O4S. The van der Waals surface area contributed by atoms with Gasteiger partial charge in [0, 0.05) is 5.69 Å². The van der Waals surface area contributed by atoms with Gasteiger partial charge in [-0.05, 0) is 54.1 Å². The maximum Gasteiger partial charge on any atom is 0.261 e. The normalized spacial score (nSPS) is 11.0. The van der Waals surface area contributed by atoms with Crippen molar-refractivity contribution in [2.75, 3.05) is 17.1 Å². The highest BCUT2D eigenvalue weighted by Gasteiger charge is 2.16. The Bertz CT molecular complexity index is 1100. The van der Waals surface area contributed by atoms with Crippen LogP contribution >= 0.6 is 0 Å². The fourth-order valence-electron chi connectivity index (χ4n) is 2.60. The van der Waals surface area contributed by atoms with E-state index in [-0.39, 0.29) is 22.9 Å². The molecular weight excluding hydrogens is 395 g/mol. The van der Waals surface area contributed by atoms with Gasteiger partial charge in [0.05, 0.1) is 24.1 Å².